The summed E-state index contributed by atoms with van der Waals surface area (Å²) in [5, 5.41) is 5.61. The van der Waals surface area contributed by atoms with Crippen LogP contribution in [0.5, 0.6) is 11.5 Å². The van der Waals surface area contributed by atoms with Gasteiger partial charge in [-0.2, -0.15) is 5.10 Å². The van der Waals surface area contributed by atoms with E-state index in [2.05, 4.69) is 20.7 Å². The number of likely N-dealkylation sites (tertiary alicyclic amines) is 1. The zero-order valence-electron chi connectivity index (χ0n) is 19.0. The number of benzene rings is 2. The molecule has 4 aromatic rings. The lowest BCUT2D eigenvalue weighted by Gasteiger charge is -2.14. The van der Waals surface area contributed by atoms with Crippen molar-refractivity contribution in [2.75, 3.05) is 33.9 Å². The second kappa shape index (κ2) is 9.11. The van der Waals surface area contributed by atoms with Crippen molar-refractivity contribution in [3.8, 4) is 28.3 Å². The molecule has 7 nitrogen and oxygen atoms in total. The van der Waals surface area contributed by atoms with Crippen molar-refractivity contribution in [1.82, 2.24) is 19.2 Å². The molecule has 1 aliphatic rings. The molecule has 1 aliphatic heterocycles. The number of hydrogen-bond donors (Lipinski definition) is 0. The minimum absolute atomic E-state index is 0.105. The van der Waals surface area contributed by atoms with E-state index in [1.165, 1.54) is 25.9 Å². The standard InChI is InChI=1S/C26H28N4O3/c1-32-22-6-7-23(25(17-22)33-2)19-9-12-29(26(31)16-19)21-5-8-24-20(15-21)18-27-30(24)14-13-28-10-3-4-11-28/h5-9,12,15-18H,3-4,10-11,13-14H2,1-2H3. The molecule has 0 unspecified atom stereocenters. The lowest BCUT2D eigenvalue weighted by Crippen LogP contribution is -2.24. The van der Waals surface area contributed by atoms with Gasteiger partial charge in [-0.25, -0.2) is 0 Å². The minimum atomic E-state index is -0.105. The molecule has 1 saturated heterocycles. The highest BCUT2D eigenvalue weighted by Gasteiger charge is 2.13. The molecule has 0 spiro atoms. The molecule has 0 bridgehead atoms. The third-order valence-corrected chi connectivity index (χ3v) is 6.37. The number of nitrogens with zero attached hydrogens (tertiary/aromatic N) is 4. The summed E-state index contributed by atoms with van der Waals surface area (Å²) in [5.74, 6) is 1.37. The molecule has 0 amide bonds. The number of rotatable bonds is 7. The fourth-order valence-corrected chi connectivity index (χ4v) is 4.54. The average Bonchev–Trinajstić information content (AvgIpc) is 3.51. The molecule has 0 N–H and O–H groups in total. The van der Waals surface area contributed by atoms with Crippen molar-refractivity contribution in [1.29, 1.82) is 0 Å². The van der Waals surface area contributed by atoms with Gasteiger partial charge >= 0.3 is 0 Å². The number of hydrogen-bond acceptors (Lipinski definition) is 5. The lowest BCUT2D eigenvalue weighted by atomic mass is 10.1. The van der Waals surface area contributed by atoms with E-state index in [4.69, 9.17) is 9.47 Å². The van der Waals surface area contributed by atoms with Crippen LogP contribution in [0.15, 0.2) is 65.7 Å². The zero-order chi connectivity index (χ0) is 22.8. The molecular weight excluding hydrogens is 416 g/mol. The Morgan fingerprint density at radius 1 is 0.939 bits per heavy atom. The summed E-state index contributed by atoms with van der Waals surface area (Å²) in [6, 6.07) is 15.2. The van der Waals surface area contributed by atoms with Crippen molar-refractivity contribution in [2.45, 2.75) is 19.4 Å². The summed E-state index contributed by atoms with van der Waals surface area (Å²) in [6.07, 6.45) is 6.27. The third-order valence-electron chi connectivity index (χ3n) is 6.37. The van der Waals surface area contributed by atoms with Crippen LogP contribution in [0.3, 0.4) is 0 Å². The van der Waals surface area contributed by atoms with Gasteiger partial charge in [0.1, 0.15) is 11.5 Å². The van der Waals surface area contributed by atoms with Crippen LogP contribution in [-0.4, -0.2) is 53.1 Å². The lowest BCUT2D eigenvalue weighted by molar-refractivity contribution is 0.318. The minimum Gasteiger partial charge on any atom is -0.497 e. The highest BCUT2D eigenvalue weighted by atomic mass is 16.5. The van der Waals surface area contributed by atoms with E-state index < -0.39 is 0 Å². The molecule has 7 heteroatoms. The van der Waals surface area contributed by atoms with Crippen molar-refractivity contribution in [3.63, 3.8) is 0 Å². The van der Waals surface area contributed by atoms with Crippen LogP contribution in [0.25, 0.3) is 27.7 Å². The van der Waals surface area contributed by atoms with Gasteiger partial charge in [0.05, 0.1) is 32.5 Å². The third kappa shape index (κ3) is 4.24. The number of ether oxygens (including phenoxy) is 2. The SMILES string of the molecule is COc1ccc(-c2ccn(-c3ccc4c(cnn4CCN4CCCC4)c3)c(=O)c2)c(OC)c1. The Labute approximate surface area is 192 Å². The van der Waals surface area contributed by atoms with E-state index in [-0.39, 0.29) is 5.56 Å². The van der Waals surface area contributed by atoms with Gasteiger partial charge in [-0.1, -0.05) is 0 Å². The van der Waals surface area contributed by atoms with Gasteiger partial charge in [0.25, 0.3) is 5.56 Å². The summed E-state index contributed by atoms with van der Waals surface area (Å²) in [5.41, 5.74) is 3.44. The van der Waals surface area contributed by atoms with Crippen LogP contribution >= 0.6 is 0 Å². The monoisotopic (exact) mass is 444 g/mol. The smallest absolute Gasteiger partial charge is 0.255 e. The molecule has 0 saturated carbocycles. The summed E-state index contributed by atoms with van der Waals surface area (Å²) < 4.78 is 14.5. The fraction of sp³-hybridized carbons (Fsp3) is 0.308. The molecule has 2 aromatic carbocycles. The second-order valence-electron chi connectivity index (χ2n) is 8.35. The molecule has 0 aliphatic carbocycles. The van der Waals surface area contributed by atoms with E-state index in [9.17, 15) is 4.79 Å². The van der Waals surface area contributed by atoms with Crippen LogP contribution in [0.2, 0.25) is 0 Å². The topological polar surface area (TPSA) is 61.5 Å². The number of methoxy groups -OCH3 is 2. The van der Waals surface area contributed by atoms with Crippen LogP contribution in [0.1, 0.15) is 12.8 Å². The van der Waals surface area contributed by atoms with E-state index in [0.717, 1.165) is 40.8 Å². The Kier molecular flexibility index (Phi) is 5.88. The highest BCUT2D eigenvalue weighted by Crippen LogP contribution is 2.32. The number of aromatic nitrogens is 3. The first-order valence-electron chi connectivity index (χ1n) is 11.3. The Balaban J connectivity index is 1.41. The van der Waals surface area contributed by atoms with Crippen molar-refractivity contribution < 1.29 is 9.47 Å². The second-order valence-corrected chi connectivity index (χ2v) is 8.35. The van der Waals surface area contributed by atoms with E-state index in [1.54, 1.807) is 31.0 Å². The predicted octanol–water partition coefficient (Wildman–Crippen LogP) is 3.97. The van der Waals surface area contributed by atoms with Crippen molar-refractivity contribution in [2.24, 2.45) is 0 Å². The Morgan fingerprint density at radius 2 is 1.79 bits per heavy atom. The predicted molar refractivity (Wildman–Crippen MR) is 130 cm³/mol. The van der Waals surface area contributed by atoms with Gasteiger partial charge in [-0.3, -0.25) is 14.0 Å². The first-order valence-corrected chi connectivity index (χ1v) is 11.3. The molecule has 3 heterocycles. The zero-order valence-corrected chi connectivity index (χ0v) is 19.0. The number of pyridine rings is 1. The van der Waals surface area contributed by atoms with Crippen LogP contribution in [0.4, 0.5) is 0 Å². The first kappa shape index (κ1) is 21.3. The summed E-state index contributed by atoms with van der Waals surface area (Å²) in [4.78, 5) is 15.5. The summed E-state index contributed by atoms with van der Waals surface area (Å²) >= 11 is 0. The molecule has 5 rings (SSSR count). The molecule has 0 radical (unpaired) electrons. The maximum absolute atomic E-state index is 13.0. The Morgan fingerprint density at radius 3 is 2.55 bits per heavy atom. The molecular formula is C26H28N4O3. The van der Waals surface area contributed by atoms with Crippen LogP contribution in [-0.2, 0) is 6.54 Å². The van der Waals surface area contributed by atoms with Gasteiger partial charge < -0.3 is 14.4 Å². The average molecular weight is 445 g/mol. The maximum atomic E-state index is 13.0. The Hall–Kier alpha value is -3.58. The maximum Gasteiger partial charge on any atom is 0.255 e. The van der Waals surface area contributed by atoms with Gasteiger partial charge in [0.2, 0.25) is 0 Å². The molecule has 1 fully saturated rings. The van der Waals surface area contributed by atoms with Crippen LogP contribution in [0, 0.1) is 0 Å². The normalized spacial score (nSPS) is 14.1. The van der Waals surface area contributed by atoms with Crippen LogP contribution < -0.4 is 15.0 Å². The fourth-order valence-electron chi connectivity index (χ4n) is 4.54. The van der Waals surface area contributed by atoms with Gasteiger partial charge in [-0.15, -0.1) is 0 Å². The Bertz CT molecular complexity index is 1340. The summed E-state index contributed by atoms with van der Waals surface area (Å²) in [7, 11) is 3.23. The van der Waals surface area contributed by atoms with Crippen molar-refractivity contribution in [3.05, 3.63) is 71.3 Å². The molecule has 2 aromatic heterocycles. The van der Waals surface area contributed by atoms with E-state index in [1.807, 2.05) is 42.6 Å². The highest BCUT2D eigenvalue weighted by molar-refractivity contribution is 5.81. The van der Waals surface area contributed by atoms with Gasteiger partial charge in [0.15, 0.2) is 0 Å². The first-order chi connectivity index (χ1) is 16.2. The quantitative estimate of drug-likeness (QED) is 0.432. The van der Waals surface area contributed by atoms with Crippen molar-refractivity contribution >= 4 is 10.9 Å². The molecule has 33 heavy (non-hydrogen) atoms. The van der Waals surface area contributed by atoms with E-state index in [0.29, 0.717) is 11.5 Å². The number of fused-ring (bicyclic) bond motifs is 1. The largest absolute Gasteiger partial charge is 0.497 e. The molecule has 0 atom stereocenters. The molecule has 170 valence electrons. The van der Waals surface area contributed by atoms with Gasteiger partial charge in [0, 0.05) is 41.5 Å². The van der Waals surface area contributed by atoms with E-state index >= 15 is 0 Å². The summed E-state index contributed by atoms with van der Waals surface area (Å²) in [6.45, 7) is 4.27. The van der Waals surface area contributed by atoms with Gasteiger partial charge in [-0.05, 0) is 67.9 Å².